The summed E-state index contributed by atoms with van der Waals surface area (Å²) in [6.45, 7) is 0. The smallest absolute Gasteiger partial charge is 0.0474 e. The lowest BCUT2D eigenvalue weighted by Crippen LogP contribution is -2.10. The van der Waals surface area contributed by atoms with Gasteiger partial charge < -0.3 is 9.80 Å². The fourth-order valence-corrected chi connectivity index (χ4v) is 10.5. The number of hydrogen-bond donors (Lipinski definition) is 0. The third-order valence-corrected chi connectivity index (χ3v) is 13.5. The largest absolute Gasteiger partial charge is 0.310 e. The Morgan fingerprint density at radius 1 is 0.182 bits per heavy atom. The molecule has 0 saturated carbocycles. The summed E-state index contributed by atoms with van der Waals surface area (Å²) in [7, 11) is 0. The van der Waals surface area contributed by atoms with Crippen LogP contribution in [0.5, 0.6) is 0 Å². The first-order chi connectivity index (χ1) is 32.7. The van der Waals surface area contributed by atoms with Crippen LogP contribution in [-0.2, 0) is 0 Å². The third-order valence-electron chi connectivity index (χ3n) is 13.5. The molecule has 0 fully saturated rings. The van der Waals surface area contributed by atoms with Crippen LogP contribution >= 0.6 is 0 Å². The van der Waals surface area contributed by atoms with Crippen LogP contribution in [0.1, 0.15) is 0 Å². The van der Waals surface area contributed by atoms with E-state index >= 15 is 0 Å². The Morgan fingerprint density at radius 2 is 0.500 bits per heavy atom. The monoisotopic (exact) mass is 838 g/mol. The van der Waals surface area contributed by atoms with Crippen molar-refractivity contribution in [1.82, 2.24) is 0 Å². The predicted octanol–water partition coefficient (Wildman–Crippen LogP) is 18.3. The number of hydrogen-bond acceptors (Lipinski definition) is 2. The van der Waals surface area contributed by atoms with Crippen LogP contribution in [0, 0.1) is 0 Å². The van der Waals surface area contributed by atoms with Gasteiger partial charge in [-0.2, -0.15) is 0 Å². The molecule has 0 aliphatic rings. The molecule has 0 aliphatic carbocycles. The van der Waals surface area contributed by atoms with Crippen LogP contribution in [0.25, 0.3) is 86.9 Å². The van der Waals surface area contributed by atoms with Crippen molar-refractivity contribution >= 4 is 98.8 Å². The molecule has 0 radical (unpaired) electrons. The van der Waals surface area contributed by atoms with Crippen molar-refractivity contribution in [3.8, 4) is 22.3 Å². The van der Waals surface area contributed by atoms with Gasteiger partial charge in [0, 0.05) is 34.1 Å². The molecule has 0 unspecified atom stereocenters. The standard InChI is InChI=1S/C64H42N2/c1-5-15-43(16-6-1)45-31-35-53(36-32-45)65(51-21-9-3-10-22-51)55-39-49-29-27-47-20-14-26-58-60-42-56(40-50-30-28-48-19-13-25-57(61(48)64(50)60)59(41-55)63(49)62(47)58)66(52-23-11-4-12-24-52)54-37-33-46(34-38-54)44-17-7-2-8-18-44/h1-42H. The van der Waals surface area contributed by atoms with E-state index < -0.39 is 0 Å². The molecule has 2 heteroatoms. The fourth-order valence-electron chi connectivity index (χ4n) is 10.5. The van der Waals surface area contributed by atoms with Gasteiger partial charge in [0.2, 0.25) is 0 Å². The summed E-state index contributed by atoms with van der Waals surface area (Å²) in [5, 5.41) is 14.9. The summed E-state index contributed by atoms with van der Waals surface area (Å²) >= 11 is 0. The van der Waals surface area contributed by atoms with Crippen LogP contribution in [0.4, 0.5) is 34.1 Å². The van der Waals surface area contributed by atoms with Crippen LogP contribution in [0.3, 0.4) is 0 Å². The highest BCUT2D eigenvalue weighted by molar-refractivity contribution is 6.37. The number of para-hydroxylation sites is 2. The Bertz CT molecular complexity index is 3630. The Labute approximate surface area is 383 Å². The van der Waals surface area contributed by atoms with E-state index in [1.165, 1.54) is 86.9 Å². The molecular weight excluding hydrogens is 797 g/mol. The number of anilines is 6. The van der Waals surface area contributed by atoms with Gasteiger partial charge in [-0.05, 0) is 160 Å². The van der Waals surface area contributed by atoms with E-state index in [1.807, 2.05) is 0 Å². The SMILES string of the molecule is c1ccc(-c2ccc(N(c3ccccc3)c3cc4ccc5cccc6c7cc(N(c8ccccc8)c8ccc(-c9ccccc9)cc8)cc8ccc9cccc(c(c3)c4c56)c9c87)cc2)cc1. The molecule has 13 aromatic carbocycles. The van der Waals surface area contributed by atoms with Gasteiger partial charge in [-0.15, -0.1) is 0 Å². The van der Waals surface area contributed by atoms with Crippen LogP contribution in [0.15, 0.2) is 255 Å². The second-order valence-corrected chi connectivity index (χ2v) is 17.3. The van der Waals surface area contributed by atoms with Crippen LogP contribution in [-0.4, -0.2) is 0 Å². The molecule has 0 atom stereocenters. The first-order valence-corrected chi connectivity index (χ1v) is 22.7. The lowest BCUT2D eigenvalue weighted by molar-refractivity contribution is 1.29. The number of fused-ring (bicyclic) bond motifs is 2. The zero-order valence-electron chi connectivity index (χ0n) is 36.1. The molecule has 0 aliphatic heterocycles. The quantitative estimate of drug-likeness (QED) is 0.141. The zero-order chi connectivity index (χ0) is 43.6. The average molecular weight is 839 g/mol. The molecule has 66 heavy (non-hydrogen) atoms. The molecule has 0 N–H and O–H groups in total. The van der Waals surface area contributed by atoms with Gasteiger partial charge in [0.1, 0.15) is 0 Å². The van der Waals surface area contributed by atoms with Gasteiger partial charge in [0.25, 0.3) is 0 Å². The van der Waals surface area contributed by atoms with Crippen molar-refractivity contribution in [3.63, 3.8) is 0 Å². The van der Waals surface area contributed by atoms with E-state index in [9.17, 15) is 0 Å². The van der Waals surface area contributed by atoms with Gasteiger partial charge in [-0.1, -0.05) is 182 Å². The Morgan fingerprint density at radius 3 is 0.894 bits per heavy atom. The minimum Gasteiger partial charge on any atom is -0.310 e. The summed E-state index contributed by atoms with van der Waals surface area (Å²) in [5.41, 5.74) is 11.5. The maximum Gasteiger partial charge on any atom is 0.0474 e. The summed E-state index contributed by atoms with van der Waals surface area (Å²) in [5.74, 6) is 0. The minimum absolute atomic E-state index is 1.11. The fraction of sp³-hybridized carbons (Fsp3) is 0. The highest BCUT2D eigenvalue weighted by Gasteiger charge is 2.21. The normalized spacial score (nSPS) is 11.6. The molecule has 0 saturated heterocycles. The van der Waals surface area contributed by atoms with Crippen molar-refractivity contribution in [2.24, 2.45) is 0 Å². The molecule has 0 spiro atoms. The Kier molecular flexibility index (Phi) is 8.89. The van der Waals surface area contributed by atoms with Crippen molar-refractivity contribution in [2.75, 3.05) is 9.80 Å². The molecule has 13 rings (SSSR count). The van der Waals surface area contributed by atoms with Crippen molar-refractivity contribution in [3.05, 3.63) is 255 Å². The van der Waals surface area contributed by atoms with E-state index in [0.29, 0.717) is 0 Å². The average Bonchev–Trinajstić information content (AvgIpc) is 3.39. The summed E-state index contributed by atoms with van der Waals surface area (Å²) < 4.78 is 0. The van der Waals surface area contributed by atoms with Crippen molar-refractivity contribution in [1.29, 1.82) is 0 Å². The topological polar surface area (TPSA) is 6.48 Å². The van der Waals surface area contributed by atoms with E-state index in [-0.39, 0.29) is 0 Å². The second-order valence-electron chi connectivity index (χ2n) is 17.3. The van der Waals surface area contributed by atoms with E-state index in [1.54, 1.807) is 0 Å². The lowest BCUT2D eigenvalue weighted by atomic mass is 9.87. The van der Waals surface area contributed by atoms with Gasteiger partial charge in [-0.3, -0.25) is 0 Å². The molecule has 13 aromatic rings. The third kappa shape index (κ3) is 6.26. The van der Waals surface area contributed by atoms with Crippen LogP contribution in [0.2, 0.25) is 0 Å². The van der Waals surface area contributed by atoms with Crippen molar-refractivity contribution < 1.29 is 0 Å². The number of benzene rings is 12. The summed E-state index contributed by atoms with van der Waals surface area (Å²) in [6.07, 6.45) is 0. The zero-order valence-corrected chi connectivity index (χ0v) is 36.1. The van der Waals surface area contributed by atoms with E-state index in [4.69, 9.17) is 0 Å². The molecule has 2 nitrogen and oxygen atoms in total. The summed E-state index contributed by atoms with van der Waals surface area (Å²) in [6, 6.07) is 93.5. The van der Waals surface area contributed by atoms with Crippen molar-refractivity contribution in [2.45, 2.75) is 0 Å². The highest BCUT2D eigenvalue weighted by atomic mass is 15.1. The van der Waals surface area contributed by atoms with Gasteiger partial charge in [0.05, 0.1) is 0 Å². The lowest BCUT2D eigenvalue weighted by Gasteiger charge is -2.28. The first kappa shape index (κ1) is 37.8. The maximum absolute atomic E-state index is 2.44. The van der Waals surface area contributed by atoms with Crippen LogP contribution < -0.4 is 9.80 Å². The molecule has 0 heterocycles. The molecule has 308 valence electrons. The Hall–Kier alpha value is -8.72. The molecule has 0 bridgehead atoms. The van der Waals surface area contributed by atoms with Gasteiger partial charge >= 0.3 is 0 Å². The number of rotatable bonds is 8. The van der Waals surface area contributed by atoms with E-state index in [2.05, 4.69) is 265 Å². The predicted molar refractivity (Wildman–Crippen MR) is 283 cm³/mol. The highest BCUT2D eigenvalue weighted by Crippen LogP contribution is 2.48. The second kappa shape index (κ2) is 15.5. The first-order valence-electron chi connectivity index (χ1n) is 22.7. The maximum atomic E-state index is 2.44. The molecular formula is C64H42N2. The number of nitrogens with zero attached hydrogens (tertiary/aromatic N) is 2. The molecule has 0 aromatic heterocycles. The van der Waals surface area contributed by atoms with Gasteiger partial charge in [-0.25, -0.2) is 0 Å². The van der Waals surface area contributed by atoms with Gasteiger partial charge in [0.15, 0.2) is 0 Å². The molecule has 0 amide bonds. The van der Waals surface area contributed by atoms with E-state index in [0.717, 1.165) is 34.1 Å². The summed E-state index contributed by atoms with van der Waals surface area (Å²) in [4.78, 5) is 4.82. The minimum atomic E-state index is 1.11. The Balaban J connectivity index is 1.09.